The summed E-state index contributed by atoms with van der Waals surface area (Å²) in [6.07, 6.45) is 4.56. The highest BCUT2D eigenvalue weighted by Crippen LogP contribution is 2.70. The van der Waals surface area contributed by atoms with Crippen LogP contribution in [-0.2, 0) is 16.0 Å². The summed E-state index contributed by atoms with van der Waals surface area (Å²) >= 11 is 1.07. The lowest BCUT2D eigenvalue weighted by atomic mass is 9.69. The van der Waals surface area contributed by atoms with Crippen molar-refractivity contribution in [2.75, 3.05) is 5.32 Å². The van der Waals surface area contributed by atoms with Crippen molar-refractivity contribution < 1.29 is 9.59 Å². The molecular weight excluding hydrogens is 438 g/mol. The van der Waals surface area contributed by atoms with Crippen LogP contribution in [0.15, 0.2) is 41.5 Å². The van der Waals surface area contributed by atoms with E-state index in [-0.39, 0.29) is 40.7 Å². The second-order valence-electron chi connectivity index (χ2n) is 9.02. The Labute approximate surface area is 196 Å². The van der Waals surface area contributed by atoms with Gasteiger partial charge in [0.25, 0.3) is 5.91 Å². The van der Waals surface area contributed by atoms with Crippen molar-refractivity contribution in [1.29, 1.82) is 5.41 Å². The molecule has 0 bridgehead atoms. The summed E-state index contributed by atoms with van der Waals surface area (Å²) in [7, 11) is 0. The lowest BCUT2D eigenvalue weighted by Gasteiger charge is -2.36. The van der Waals surface area contributed by atoms with Crippen LogP contribution in [0.25, 0.3) is 0 Å². The molecule has 2 amide bonds. The van der Waals surface area contributed by atoms with E-state index in [2.05, 4.69) is 25.5 Å². The molecule has 2 aliphatic rings. The van der Waals surface area contributed by atoms with Gasteiger partial charge in [-0.1, -0.05) is 19.9 Å². The summed E-state index contributed by atoms with van der Waals surface area (Å²) in [6.45, 7) is 3.65. The van der Waals surface area contributed by atoms with Crippen molar-refractivity contribution in [2.24, 2.45) is 28.0 Å². The minimum Gasteiger partial charge on any atom is -0.378 e. The SMILES string of the molecule is CC(C)C(=O)Nc1ccc(C2CC3(C2)C[C@@H]3C(=N)SC(N)=NC(=O)Cc2ccccn2)nn1. The van der Waals surface area contributed by atoms with Gasteiger partial charge in [0.15, 0.2) is 11.0 Å². The first-order valence-corrected chi connectivity index (χ1v) is 11.7. The number of aliphatic imine (C=N–C) groups is 1. The summed E-state index contributed by atoms with van der Waals surface area (Å²) < 4.78 is 0. The van der Waals surface area contributed by atoms with E-state index in [1.807, 2.05) is 26.0 Å². The van der Waals surface area contributed by atoms with Gasteiger partial charge >= 0.3 is 0 Å². The second kappa shape index (κ2) is 9.38. The van der Waals surface area contributed by atoms with E-state index in [1.165, 1.54) is 0 Å². The summed E-state index contributed by atoms with van der Waals surface area (Å²) in [5, 5.41) is 20.1. The molecule has 10 heteroatoms. The predicted octanol–water partition coefficient (Wildman–Crippen LogP) is 3.14. The first-order chi connectivity index (χ1) is 15.8. The molecule has 0 aromatic carbocycles. The molecule has 2 fully saturated rings. The highest BCUT2D eigenvalue weighted by atomic mass is 32.2. The molecule has 1 spiro atoms. The molecule has 0 saturated heterocycles. The third kappa shape index (κ3) is 5.44. The quantitative estimate of drug-likeness (QED) is 0.438. The highest BCUT2D eigenvalue weighted by molar-refractivity contribution is 8.26. The molecule has 0 radical (unpaired) electrons. The molecule has 2 aromatic heterocycles. The standard InChI is InChI=1S/C23H27N7O2S/c1-13(2)21(32)27-18-7-6-17(29-30-18)14-10-23(11-14)12-16(23)20(24)33-22(25)28-19(31)9-15-5-3-4-8-26-15/h3-8,13-14,16,24H,9-12H2,1-2H3,(H2,25,28,31)(H,27,30,32)/t14?,16-,23?/m1/s1. The highest BCUT2D eigenvalue weighted by Gasteiger charge is 2.63. The zero-order chi connectivity index (χ0) is 23.6. The summed E-state index contributed by atoms with van der Waals surface area (Å²) in [5.74, 6) is 0.347. The Kier molecular flexibility index (Phi) is 6.55. The molecule has 2 saturated carbocycles. The van der Waals surface area contributed by atoms with Crippen LogP contribution in [-0.4, -0.2) is 37.2 Å². The number of carbonyl (C=O) groups is 2. The second-order valence-corrected chi connectivity index (χ2v) is 10.1. The Morgan fingerprint density at radius 1 is 1.24 bits per heavy atom. The largest absolute Gasteiger partial charge is 0.378 e. The van der Waals surface area contributed by atoms with Gasteiger partial charge in [-0.2, -0.15) is 10.1 Å². The first kappa shape index (κ1) is 23.0. The van der Waals surface area contributed by atoms with Gasteiger partial charge in [0.05, 0.1) is 17.2 Å². The van der Waals surface area contributed by atoms with Gasteiger partial charge in [-0.3, -0.25) is 20.0 Å². The van der Waals surface area contributed by atoms with Crippen LogP contribution in [0.4, 0.5) is 5.82 Å². The van der Waals surface area contributed by atoms with Crippen LogP contribution in [0.3, 0.4) is 0 Å². The lowest BCUT2D eigenvalue weighted by molar-refractivity contribution is -0.119. The number of amides is 2. The Morgan fingerprint density at radius 3 is 2.67 bits per heavy atom. The van der Waals surface area contributed by atoms with Crippen molar-refractivity contribution >= 4 is 39.6 Å². The fraction of sp³-hybridized carbons (Fsp3) is 0.435. The minimum absolute atomic E-state index is 0.0854. The third-order valence-electron chi connectivity index (χ3n) is 6.20. The van der Waals surface area contributed by atoms with Crippen LogP contribution in [0.2, 0.25) is 0 Å². The molecule has 33 heavy (non-hydrogen) atoms. The molecule has 0 unspecified atom stereocenters. The number of aromatic nitrogens is 3. The van der Waals surface area contributed by atoms with Gasteiger partial charge in [-0.15, -0.1) is 5.10 Å². The molecule has 9 nitrogen and oxygen atoms in total. The number of nitrogens with zero attached hydrogens (tertiary/aromatic N) is 4. The van der Waals surface area contributed by atoms with Gasteiger partial charge in [-0.25, -0.2) is 0 Å². The van der Waals surface area contributed by atoms with Gasteiger partial charge in [-0.05, 0) is 60.7 Å². The molecule has 1 atom stereocenters. The van der Waals surface area contributed by atoms with Gasteiger partial charge in [0.1, 0.15) is 0 Å². The topological polar surface area (TPSA) is 147 Å². The van der Waals surface area contributed by atoms with Gasteiger partial charge in [0, 0.05) is 29.6 Å². The normalized spacial score (nSPS) is 23.8. The van der Waals surface area contributed by atoms with E-state index in [1.54, 1.807) is 24.4 Å². The monoisotopic (exact) mass is 465 g/mol. The number of amidine groups is 1. The first-order valence-electron chi connectivity index (χ1n) is 10.9. The maximum Gasteiger partial charge on any atom is 0.254 e. The van der Waals surface area contributed by atoms with Crippen LogP contribution in [0.5, 0.6) is 0 Å². The third-order valence-corrected chi connectivity index (χ3v) is 7.00. The molecule has 0 aliphatic heterocycles. The summed E-state index contributed by atoms with van der Waals surface area (Å²) in [5.41, 5.74) is 7.58. The molecule has 2 aromatic rings. The zero-order valence-electron chi connectivity index (χ0n) is 18.6. The van der Waals surface area contributed by atoms with Crippen molar-refractivity contribution in [3.63, 3.8) is 0 Å². The smallest absolute Gasteiger partial charge is 0.254 e. The number of nitrogens with two attached hydrogens (primary N) is 1. The summed E-state index contributed by atoms with van der Waals surface area (Å²) in [4.78, 5) is 31.9. The number of hydrogen-bond donors (Lipinski definition) is 3. The van der Waals surface area contributed by atoms with Crippen molar-refractivity contribution in [3.05, 3.63) is 47.9 Å². The van der Waals surface area contributed by atoms with E-state index >= 15 is 0 Å². The van der Waals surface area contributed by atoms with Crippen LogP contribution < -0.4 is 11.1 Å². The van der Waals surface area contributed by atoms with E-state index in [0.717, 1.165) is 36.7 Å². The predicted molar refractivity (Wildman–Crippen MR) is 128 cm³/mol. The fourth-order valence-electron chi connectivity index (χ4n) is 4.22. The fourth-order valence-corrected chi connectivity index (χ4v) is 5.07. The molecule has 4 N–H and O–H groups in total. The van der Waals surface area contributed by atoms with Gasteiger partial charge < -0.3 is 11.1 Å². The van der Waals surface area contributed by atoms with Crippen LogP contribution >= 0.6 is 11.8 Å². The summed E-state index contributed by atoms with van der Waals surface area (Å²) in [6, 6.07) is 9.06. The Hall–Kier alpha value is -3.14. The maximum atomic E-state index is 12.1. The minimum atomic E-state index is -0.368. The van der Waals surface area contributed by atoms with E-state index in [4.69, 9.17) is 11.1 Å². The van der Waals surface area contributed by atoms with Crippen molar-refractivity contribution in [3.8, 4) is 0 Å². The number of hydrogen-bond acceptors (Lipinski definition) is 7. The molecular formula is C23H27N7O2S. The molecule has 2 heterocycles. The number of pyridine rings is 1. The zero-order valence-corrected chi connectivity index (χ0v) is 19.4. The Balaban J connectivity index is 1.24. The van der Waals surface area contributed by atoms with E-state index in [9.17, 15) is 9.59 Å². The number of carbonyl (C=O) groups excluding carboxylic acids is 2. The van der Waals surface area contributed by atoms with E-state index < -0.39 is 0 Å². The van der Waals surface area contributed by atoms with Gasteiger partial charge in [0.2, 0.25) is 5.91 Å². The molecule has 4 rings (SSSR count). The molecule has 2 aliphatic carbocycles. The van der Waals surface area contributed by atoms with Crippen LogP contribution in [0, 0.1) is 22.7 Å². The Morgan fingerprint density at radius 2 is 2.03 bits per heavy atom. The Bertz CT molecular complexity index is 1080. The van der Waals surface area contributed by atoms with Crippen LogP contribution in [0.1, 0.15) is 50.4 Å². The average Bonchev–Trinajstić information content (AvgIpc) is 3.50. The lowest BCUT2D eigenvalue weighted by Crippen LogP contribution is -2.28. The average molecular weight is 466 g/mol. The number of nitrogens with one attached hydrogen (secondary N) is 2. The maximum absolute atomic E-state index is 12.1. The molecule has 172 valence electrons. The number of anilines is 1. The van der Waals surface area contributed by atoms with Crippen molar-refractivity contribution in [2.45, 2.75) is 45.4 Å². The number of rotatable bonds is 6. The number of thioether (sulfide) groups is 1. The van der Waals surface area contributed by atoms with E-state index in [0.29, 0.717) is 22.5 Å². The van der Waals surface area contributed by atoms with Crippen molar-refractivity contribution in [1.82, 2.24) is 15.2 Å².